The first kappa shape index (κ1) is 23.5. The molecule has 2 rings (SSSR count). The van der Waals surface area contributed by atoms with E-state index in [0.717, 1.165) is 37.7 Å². The van der Waals surface area contributed by atoms with Crippen molar-refractivity contribution in [2.75, 3.05) is 26.7 Å². The average molecular weight is 492 g/mol. The van der Waals surface area contributed by atoms with E-state index in [4.69, 9.17) is 9.73 Å². The van der Waals surface area contributed by atoms with Crippen molar-refractivity contribution in [3.63, 3.8) is 0 Å². The number of imidazole rings is 1. The van der Waals surface area contributed by atoms with Gasteiger partial charge in [0.05, 0.1) is 7.11 Å². The van der Waals surface area contributed by atoms with Crippen LogP contribution in [-0.2, 0) is 17.8 Å². The lowest BCUT2D eigenvalue weighted by atomic mass is 10.1. The minimum absolute atomic E-state index is 0. The van der Waals surface area contributed by atoms with Gasteiger partial charge in [0.15, 0.2) is 5.96 Å². The van der Waals surface area contributed by atoms with Crippen LogP contribution in [0.2, 0.25) is 0 Å². The summed E-state index contributed by atoms with van der Waals surface area (Å²) >= 11 is 0. The number of guanidine groups is 1. The third kappa shape index (κ3) is 7.55. The zero-order valence-corrected chi connectivity index (χ0v) is 19.1. The van der Waals surface area contributed by atoms with Gasteiger partial charge in [-0.2, -0.15) is 0 Å². The number of likely N-dealkylation sites (tertiary alicyclic amines) is 1. The summed E-state index contributed by atoms with van der Waals surface area (Å²) < 4.78 is 6.94. The first-order valence-corrected chi connectivity index (χ1v) is 9.41. The van der Waals surface area contributed by atoms with Gasteiger partial charge in [-0.15, -0.1) is 24.0 Å². The molecule has 0 aliphatic carbocycles. The number of halogens is 1. The summed E-state index contributed by atoms with van der Waals surface area (Å²) in [5.41, 5.74) is 0. The number of aromatic nitrogens is 2. The van der Waals surface area contributed by atoms with Gasteiger partial charge in [0.25, 0.3) is 0 Å². The maximum Gasteiger partial charge on any atom is 0.409 e. The van der Waals surface area contributed by atoms with E-state index in [1.165, 1.54) is 7.11 Å². The van der Waals surface area contributed by atoms with Gasteiger partial charge in [-0.3, -0.25) is 0 Å². The summed E-state index contributed by atoms with van der Waals surface area (Å²) in [4.78, 5) is 22.4. The summed E-state index contributed by atoms with van der Waals surface area (Å²) in [6.07, 6.45) is 5.34. The zero-order chi connectivity index (χ0) is 18.9. The van der Waals surface area contributed by atoms with Gasteiger partial charge >= 0.3 is 6.09 Å². The van der Waals surface area contributed by atoms with Crippen molar-refractivity contribution < 1.29 is 9.53 Å². The van der Waals surface area contributed by atoms with Crippen LogP contribution in [-0.4, -0.2) is 59.3 Å². The van der Waals surface area contributed by atoms with Gasteiger partial charge in [0.1, 0.15) is 12.4 Å². The lowest BCUT2D eigenvalue weighted by molar-refractivity contribution is 0.111. The molecule has 1 aliphatic heterocycles. The van der Waals surface area contributed by atoms with Crippen LogP contribution >= 0.6 is 24.0 Å². The first-order valence-electron chi connectivity index (χ1n) is 9.41. The van der Waals surface area contributed by atoms with Crippen LogP contribution in [0.4, 0.5) is 4.79 Å². The Morgan fingerprint density at radius 1 is 1.41 bits per heavy atom. The molecule has 1 aromatic rings. The van der Waals surface area contributed by atoms with Crippen molar-refractivity contribution in [1.82, 2.24) is 25.1 Å². The first-order chi connectivity index (χ1) is 12.5. The fourth-order valence-corrected chi connectivity index (χ4v) is 3.05. The van der Waals surface area contributed by atoms with Crippen molar-refractivity contribution >= 4 is 36.0 Å². The summed E-state index contributed by atoms with van der Waals surface area (Å²) in [5.74, 6) is 2.33. The van der Waals surface area contributed by atoms with Crippen LogP contribution in [0.15, 0.2) is 17.4 Å². The summed E-state index contributed by atoms with van der Waals surface area (Å²) in [5, 5.41) is 6.77. The van der Waals surface area contributed by atoms with Crippen molar-refractivity contribution in [2.45, 2.75) is 52.7 Å². The molecule has 0 saturated carbocycles. The van der Waals surface area contributed by atoms with Crippen molar-refractivity contribution in [1.29, 1.82) is 0 Å². The molecule has 0 bridgehead atoms. The Morgan fingerprint density at radius 2 is 2.11 bits per heavy atom. The Hall–Kier alpha value is -1.52. The molecule has 0 aromatic carbocycles. The molecule has 0 spiro atoms. The second-order valence-electron chi connectivity index (χ2n) is 6.96. The Morgan fingerprint density at radius 3 is 2.70 bits per heavy atom. The number of carbonyl (C=O) groups excluding carboxylic acids is 1. The van der Waals surface area contributed by atoms with Gasteiger partial charge in [-0.05, 0) is 25.7 Å². The minimum atomic E-state index is -0.249. The molecule has 1 fully saturated rings. The number of rotatable bonds is 6. The second-order valence-corrected chi connectivity index (χ2v) is 6.96. The number of aliphatic imine (C=N–C) groups is 1. The van der Waals surface area contributed by atoms with E-state index in [1.54, 1.807) is 4.90 Å². The predicted octanol–water partition coefficient (Wildman–Crippen LogP) is 2.44. The number of nitrogens with one attached hydrogen (secondary N) is 2. The molecule has 1 aliphatic rings. The molecule has 27 heavy (non-hydrogen) atoms. The molecule has 1 aromatic heterocycles. The monoisotopic (exact) mass is 492 g/mol. The molecule has 1 amide bonds. The number of ether oxygens (including phenoxy) is 1. The summed E-state index contributed by atoms with van der Waals surface area (Å²) in [6.45, 7) is 10.1. The maximum atomic E-state index is 11.6. The smallest absolute Gasteiger partial charge is 0.409 e. The summed E-state index contributed by atoms with van der Waals surface area (Å²) in [7, 11) is 1.42. The largest absolute Gasteiger partial charge is 0.453 e. The van der Waals surface area contributed by atoms with E-state index in [9.17, 15) is 4.79 Å². The molecule has 2 heterocycles. The fourth-order valence-electron chi connectivity index (χ4n) is 3.05. The number of hydrogen-bond donors (Lipinski definition) is 2. The van der Waals surface area contributed by atoms with Gasteiger partial charge in [0.2, 0.25) is 0 Å². The minimum Gasteiger partial charge on any atom is -0.453 e. The fraction of sp³-hybridized carbons (Fsp3) is 0.722. The van der Waals surface area contributed by atoms with E-state index in [1.807, 2.05) is 12.4 Å². The van der Waals surface area contributed by atoms with E-state index in [0.29, 0.717) is 31.6 Å². The standard InChI is InChI=1S/C18H32N6O2.HI/c1-5-19-17(21-12-16-20-8-11-24(16)13-14(2)3)22-15-6-9-23(10-7-15)18(25)26-4;/h8,11,14-15H,5-7,9-10,12-13H2,1-4H3,(H2,19,21,22);1H. The molecule has 8 nitrogen and oxygen atoms in total. The normalized spacial score (nSPS) is 15.4. The Balaban J connectivity index is 0.00000364. The van der Waals surface area contributed by atoms with E-state index < -0.39 is 0 Å². The third-order valence-corrected chi connectivity index (χ3v) is 4.35. The Kier molecular flexibility index (Phi) is 10.5. The topological polar surface area (TPSA) is 83.8 Å². The zero-order valence-electron chi connectivity index (χ0n) is 16.8. The lowest BCUT2D eigenvalue weighted by Crippen LogP contribution is -2.49. The van der Waals surface area contributed by atoms with Crippen LogP contribution in [0.25, 0.3) is 0 Å². The number of nitrogens with zero attached hydrogens (tertiary/aromatic N) is 4. The molecule has 0 atom stereocenters. The highest BCUT2D eigenvalue weighted by atomic mass is 127. The number of methoxy groups -OCH3 is 1. The average Bonchev–Trinajstić information content (AvgIpc) is 3.06. The molecule has 0 radical (unpaired) electrons. The number of amides is 1. The number of piperidine rings is 1. The maximum absolute atomic E-state index is 11.6. The summed E-state index contributed by atoms with van der Waals surface area (Å²) in [6, 6.07) is 0.295. The van der Waals surface area contributed by atoms with Crippen molar-refractivity contribution in [3.05, 3.63) is 18.2 Å². The quantitative estimate of drug-likeness (QED) is 0.362. The molecule has 2 N–H and O–H groups in total. The van der Waals surface area contributed by atoms with Crippen LogP contribution < -0.4 is 10.6 Å². The highest BCUT2D eigenvalue weighted by Gasteiger charge is 2.23. The van der Waals surface area contributed by atoms with Gasteiger partial charge < -0.3 is 24.8 Å². The molecular weight excluding hydrogens is 459 g/mol. The van der Waals surface area contributed by atoms with E-state index in [2.05, 4.69) is 41.0 Å². The second kappa shape index (κ2) is 12.0. The SMILES string of the molecule is CCNC(=NCc1nccn1CC(C)C)NC1CCN(C(=O)OC)CC1.I. The van der Waals surface area contributed by atoms with Crippen LogP contribution in [0.5, 0.6) is 0 Å². The number of hydrogen-bond acceptors (Lipinski definition) is 4. The molecule has 1 saturated heterocycles. The van der Waals surface area contributed by atoms with Crippen LogP contribution in [0.1, 0.15) is 39.4 Å². The van der Waals surface area contributed by atoms with Crippen LogP contribution in [0, 0.1) is 5.92 Å². The van der Waals surface area contributed by atoms with Crippen molar-refractivity contribution in [2.24, 2.45) is 10.9 Å². The Bertz CT molecular complexity index is 596. The molecule has 0 unspecified atom stereocenters. The van der Waals surface area contributed by atoms with Crippen molar-refractivity contribution in [3.8, 4) is 0 Å². The van der Waals surface area contributed by atoms with Crippen LogP contribution in [0.3, 0.4) is 0 Å². The highest BCUT2D eigenvalue weighted by molar-refractivity contribution is 14.0. The Labute approximate surface area is 179 Å². The predicted molar refractivity (Wildman–Crippen MR) is 117 cm³/mol. The van der Waals surface area contributed by atoms with E-state index >= 15 is 0 Å². The molecule has 9 heteroatoms. The highest BCUT2D eigenvalue weighted by Crippen LogP contribution is 2.11. The molecular formula is C18H33IN6O2. The van der Waals surface area contributed by atoms with Gasteiger partial charge in [0, 0.05) is 44.6 Å². The van der Waals surface area contributed by atoms with Gasteiger partial charge in [-0.25, -0.2) is 14.8 Å². The molecule has 154 valence electrons. The lowest BCUT2D eigenvalue weighted by Gasteiger charge is -2.32. The third-order valence-electron chi connectivity index (χ3n) is 4.35. The number of carbonyl (C=O) groups is 1. The van der Waals surface area contributed by atoms with Gasteiger partial charge in [-0.1, -0.05) is 13.8 Å². The van der Waals surface area contributed by atoms with E-state index in [-0.39, 0.29) is 30.1 Å².